The van der Waals surface area contributed by atoms with Crippen molar-refractivity contribution < 1.29 is 9.47 Å². The Balaban J connectivity index is 1.33. The van der Waals surface area contributed by atoms with Gasteiger partial charge < -0.3 is 9.47 Å². The number of benzene rings is 1. The topological polar surface area (TPSA) is 47.5 Å². The number of rotatable bonds is 3. The first-order valence-electron chi connectivity index (χ1n) is 9.49. The summed E-state index contributed by atoms with van der Waals surface area (Å²) >= 11 is 1.71. The zero-order chi connectivity index (χ0) is 17.3. The van der Waals surface area contributed by atoms with Gasteiger partial charge in [-0.1, -0.05) is 18.2 Å². The standard InChI is InChI=1S/C20H23N3O2S/c1-2-5-17-16(4-1)18-19(21-12-22-20(18)26-17)25-15-8-6-14(7-9-15)23-10-3-11-24-13-23/h1-2,4-5,12,14-15H,3,6-11,13H2/t14-,15-. The summed E-state index contributed by atoms with van der Waals surface area (Å²) in [7, 11) is 0. The Morgan fingerprint density at radius 3 is 2.85 bits per heavy atom. The Labute approximate surface area is 156 Å². The van der Waals surface area contributed by atoms with Crippen molar-refractivity contribution in [2.24, 2.45) is 0 Å². The number of hydrogen-bond acceptors (Lipinski definition) is 6. The quantitative estimate of drug-likeness (QED) is 0.692. The highest BCUT2D eigenvalue weighted by Crippen LogP contribution is 2.38. The maximum atomic E-state index is 6.38. The average Bonchev–Trinajstić information content (AvgIpc) is 3.09. The molecule has 0 amide bonds. The highest BCUT2D eigenvalue weighted by molar-refractivity contribution is 7.25. The van der Waals surface area contributed by atoms with Gasteiger partial charge >= 0.3 is 0 Å². The van der Waals surface area contributed by atoms with Gasteiger partial charge in [-0.3, -0.25) is 4.90 Å². The van der Waals surface area contributed by atoms with Crippen LogP contribution in [0.3, 0.4) is 0 Å². The summed E-state index contributed by atoms with van der Waals surface area (Å²) in [4.78, 5) is 12.4. The number of thiophene rings is 1. The van der Waals surface area contributed by atoms with E-state index in [-0.39, 0.29) is 6.10 Å². The van der Waals surface area contributed by atoms with E-state index in [1.165, 1.54) is 29.5 Å². The number of aromatic nitrogens is 2. The molecule has 1 saturated carbocycles. The Hall–Kier alpha value is -1.76. The zero-order valence-corrected chi connectivity index (χ0v) is 15.6. The Morgan fingerprint density at radius 1 is 1.12 bits per heavy atom. The first-order valence-corrected chi connectivity index (χ1v) is 10.3. The van der Waals surface area contributed by atoms with Crippen LogP contribution in [0, 0.1) is 0 Å². The SMILES string of the molecule is c1ccc2c(c1)sc1ncnc(O[C@H]3CC[C@H](N4CCCOC4)CC3)c12. The van der Waals surface area contributed by atoms with Gasteiger partial charge in [0.05, 0.1) is 12.1 Å². The lowest BCUT2D eigenvalue weighted by atomic mass is 9.91. The van der Waals surface area contributed by atoms with Crippen molar-refractivity contribution in [3.8, 4) is 5.88 Å². The van der Waals surface area contributed by atoms with Crippen molar-refractivity contribution in [2.75, 3.05) is 19.9 Å². The predicted molar refractivity (Wildman–Crippen MR) is 104 cm³/mol. The molecule has 3 heterocycles. The van der Waals surface area contributed by atoms with Crippen LogP contribution in [0.2, 0.25) is 0 Å². The molecule has 1 saturated heterocycles. The molecule has 2 aliphatic rings. The number of hydrogen-bond donors (Lipinski definition) is 0. The number of ether oxygens (including phenoxy) is 2. The van der Waals surface area contributed by atoms with E-state index in [9.17, 15) is 0 Å². The van der Waals surface area contributed by atoms with Crippen molar-refractivity contribution >= 4 is 31.6 Å². The van der Waals surface area contributed by atoms with Crippen molar-refractivity contribution in [2.45, 2.75) is 44.2 Å². The first-order chi connectivity index (χ1) is 12.9. The minimum atomic E-state index is 0.244. The molecule has 0 unspecified atom stereocenters. The van der Waals surface area contributed by atoms with E-state index in [0.29, 0.717) is 6.04 Å². The molecule has 136 valence electrons. The van der Waals surface area contributed by atoms with Crippen molar-refractivity contribution in [3.05, 3.63) is 30.6 Å². The van der Waals surface area contributed by atoms with Crippen LogP contribution in [-0.2, 0) is 4.74 Å². The van der Waals surface area contributed by atoms with Crippen LogP contribution in [0.15, 0.2) is 30.6 Å². The minimum Gasteiger partial charge on any atom is -0.474 e. The molecular formula is C20H23N3O2S. The normalized spacial score (nSPS) is 24.9. The van der Waals surface area contributed by atoms with Crippen LogP contribution >= 0.6 is 11.3 Å². The molecule has 1 aromatic carbocycles. The lowest BCUT2D eigenvalue weighted by Crippen LogP contribution is -2.44. The van der Waals surface area contributed by atoms with E-state index >= 15 is 0 Å². The molecule has 6 heteroatoms. The predicted octanol–water partition coefficient (Wildman–Crippen LogP) is 4.21. The molecule has 0 bridgehead atoms. The van der Waals surface area contributed by atoms with Gasteiger partial charge in [0.15, 0.2) is 0 Å². The lowest BCUT2D eigenvalue weighted by molar-refractivity contribution is -0.0491. The lowest BCUT2D eigenvalue weighted by Gasteiger charge is -2.38. The smallest absolute Gasteiger partial charge is 0.226 e. The van der Waals surface area contributed by atoms with Gasteiger partial charge in [-0.25, -0.2) is 9.97 Å². The van der Waals surface area contributed by atoms with Gasteiger partial charge in [0.1, 0.15) is 17.3 Å². The third-order valence-corrected chi connectivity index (χ3v) is 6.65. The van der Waals surface area contributed by atoms with E-state index in [2.05, 4.69) is 39.1 Å². The third kappa shape index (κ3) is 3.06. The highest BCUT2D eigenvalue weighted by Gasteiger charge is 2.28. The second kappa shape index (κ2) is 7.10. The highest BCUT2D eigenvalue weighted by atomic mass is 32.1. The molecule has 26 heavy (non-hydrogen) atoms. The van der Waals surface area contributed by atoms with Gasteiger partial charge in [-0.05, 0) is 38.2 Å². The molecule has 0 atom stereocenters. The zero-order valence-electron chi connectivity index (χ0n) is 14.8. The molecule has 1 aliphatic heterocycles. The van der Waals surface area contributed by atoms with Crippen LogP contribution in [0.4, 0.5) is 0 Å². The van der Waals surface area contributed by atoms with Crippen LogP contribution in [0.25, 0.3) is 20.3 Å². The van der Waals surface area contributed by atoms with Crippen molar-refractivity contribution in [3.63, 3.8) is 0 Å². The molecule has 0 spiro atoms. The van der Waals surface area contributed by atoms with Gasteiger partial charge in [0, 0.05) is 29.3 Å². The summed E-state index contributed by atoms with van der Waals surface area (Å²) in [6.07, 6.45) is 7.53. The van der Waals surface area contributed by atoms with Crippen LogP contribution in [-0.4, -0.2) is 46.9 Å². The molecule has 0 N–H and O–H groups in total. The number of nitrogens with zero attached hydrogens (tertiary/aromatic N) is 3. The van der Waals surface area contributed by atoms with Gasteiger partial charge in [-0.2, -0.15) is 0 Å². The summed E-state index contributed by atoms with van der Waals surface area (Å²) in [5.41, 5.74) is 0. The van der Waals surface area contributed by atoms with Crippen LogP contribution in [0.1, 0.15) is 32.1 Å². The molecule has 1 aliphatic carbocycles. The van der Waals surface area contributed by atoms with Gasteiger partial charge in [-0.15, -0.1) is 11.3 Å². The maximum Gasteiger partial charge on any atom is 0.226 e. The monoisotopic (exact) mass is 369 g/mol. The van der Waals surface area contributed by atoms with Gasteiger partial charge in [0.25, 0.3) is 0 Å². The Kier molecular flexibility index (Phi) is 4.48. The fourth-order valence-corrected chi connectivity index (χ4v) is 5.24. The summed E-state index contributed by atoms with van der Waals surface area (Å²) in [6.45, 7) is 2.88. The van der Waals surface area contributed by atoms with E-state index in [4.69, 9.17) is 9.47 Å². The molecule has 5 rings (SSSR count). The van der Waals surface area contributed by atoms with E-state index < -0.39 is 0 Å². The molecular weight excluding hydrogens is 346 g/mol. The second-order valence-electron chi connectivity index (χ2n) is 7.21. The van der Waals surface area contributed by atoms with Gasteiger partial charge in [0.2, 0.25) is 5.88 Å². The Morgan fingerprint density at radius 2 is 2.00 bits per heavy atom. The van der Waals surface area contributed by atoms with Crippen LogP contribution in [0.5, 0.6) is 5.88 Å². The fourth-order valence-electron chi connectivity index (χ4n) is 4.21. The van der Waals surface area contributed by atoms with E-state index in [1.807, 2.05) is 0 Å². The summed E-state index contributed by atoms with van der Waals surface area (Å²) in [5.74, 6) is 0.747. The molecule has 2 aromatic heterocycles. The second-order valence-corrected chi connectivity index (χ2v) is 8.24. The summed E-state index contributed by atoms with van der Waals surface area (Å²) < 4.78 is 13.2. The molecule has 0 radical (unpaired) electrons. The molecule has 5 nitrogen and oxygen atoms in total. The van der Waals surface area contributed by atoms with Crippen molar-refractivity contribution in [1.82, 2.24) is 14.9 Å². The molecule has 3 aromatic rings. The third-order valence-electron chi connectivity index (χ3n) is 5.57. The average molecular weight is 369 g/mol. The molecule has 2 fully saturated rings. The summed E-state index contributed by atoms with van der Waals surface area (Å²) in [6, 6.07) is 9.05. The van der Waals surface area contributed by atoms with E-state index in [1.54, 1.807) is 17.7 Å². The largest absolute Gasteiger partial charge is 0.474 e. The fraction of sp³-hybridized carbons (Fsp3) is 0.500. The summed E-state index contributed by atoms with van der Waals surface area (Å²) in [5, 5.41) is 2.27. The van der Waals surface area contributed by atoms with E-state index in [0.717, 1.165) is 48.7 Å². The number of fused-ring (bicyclic) bond motifs is 3. The van der Waals surface area contributed by atoms with Crippen molar-refractivity contribution in [1.29, 1.82) is 0 Å². The Bertz CT molecular complexity index is 898. The van der Waals surface area contributed by atoms with Crippen LogP contribution < -0.4 is 4.74 Å². The first kappa shape index (κ1) is 16.4. The maximum absolute atomic E-state index is 6.38. The minimum absolute atomic E-state index is 0.244.